The highest BCUT2D eigenvalue weighted by atomic mass is 19.4. The van der Waals surface area contributed by atoms with Crippen LogP contribution in [-0.4, -0.2) is 36.5 Å². The van der Waals surface area contributed by atoms with Gasteiger partial charge in [0.1, 0.15) is 0 Å². The highest BCUT2D eigenvalue weighted by Gasteiger charge is 2.38. The van der Waals surface area contributed by atoms with Gasteiger partial charge in [-0.2, -0.15) is 18.3 Å². The Labute approximate surface area is 140 Å². The van der Waals surface area contributed by atoms with Crippen molar-refractivity contribution in [1.29, 1.82) is 0 Å². The Morgan fingerprint density at radius 1 is 1.16 bits per heavy atom. The Hall–Kier alpha value is -3.30. The SMILES string of the molecule is CNC(=O)Nc1ccc2cc(/C=N\N)ccc2c1.O=C(O)C(F)(F)F. The predicted octanol–water partition coefficient (Wildman–Crippen LogP) is 2.52. The van der Waals surface area contributed by atoms with E-state index in [9.17, 15) is 18.0 Å². The van der Waals surface area contributed by atoms with Gasteiger partial charge in [-0.15, -0.1) is 0 Å². The van der Waals surface area contributed by atoms with Crippen LogP contribution in [0.25, 0.3) is 10.8 Å². The summed E-state index contributed by atoms with van der Waals surface area (Å²) in [6.07, 6.45) is -3.49. The Balaban J connectivity index is 0.000000381. The molecule has 2 aromatic rings. The van der Waals surface area contributed by atoms with Crippen molar-refractivity contribution in [2.75, 3.05) is 12.4 Å². The van der Waals surface area contributed by atoms with Crippen molar-refractivity contribution in [3.05, 3.63) is 42.0 Å². The molecule has 134 valence electrons. The zero-order valence-corrected chi connectivity index (χ0v) is 13.0. The number of carboxylic acid groups (broad SMARTS) is 1. The number of nitrogens with two attached hydrogens (primary N) is 1. The predicted molar refractivity (Wildman–Crippen MR) is 87.5 cm³/mol. The lowest BCUT2D eigenvalue weighted by Crippen LogP contribution is -2.24. The van der Waals surface area contributed by atoms with Crippen molar-refractivity contribution >= 4 is 34.7 Å². The van der Waals surface area contributed by atoms with Crippen LogP contribution in [0.4, 0.5) is 23.7 Å². The number of carbonyl (C=O) groups excluding carboxylic acids is 1. The van der Waals surface area contributed by atoms with Gasteiger partial charge < -0.3 is 21.6 Å². The first-order valence-electron chi connectivity index (χ1n) is 6.73. The van der Waals surface area contributed by atoms with Gasteiger partial charge in [-0.1, -0.05) is 18.2 Å². The van der Waals surface area contributed by atoms with Crippen molar-refractivity contribution in [2.24, 2.45) is 10.9 Å². The molecule has 0 aliphatic heterocycles. The molecule has 0 aliphatic rings. The number of fused-ring (bicyclic) bond motifs is 1. The number of carbonyl (C=O) groups is 2. The maximum atomic E-state index is 11.2. The molecule has 7 nitrogen and oxygen atoms in total. The molecule has 25 heavy (non-hydrogen) atoms. The molecule has 2 aromatic carbocycles. The molecule has 0 bridgehead atoms. The van der Waals surface area contributed by atoms with Gasteiger partial charge in [-0.3, -0.25) is 0 Å². The van der Waals surface area contributed by atoms with Gasteiger partial charge in [0.2, 0.25) is 0 Å². The zero-order chi connectivity index (χ0) is 19.0. The summed E-state index contributed by atoms with van der Waals surface area (Å²) in [5, 5.41) is 18.0. The fourth-order valence-corrected chi connectivity index (χ4v) is 1.70. The summed E-state index contributed by atoms with van der Waals surface area (Å²) in [4.78, 5) is 20.1. The van der Waals surface area contributed by atoms with Gasteiger partial charge in [0.25, 0.3) is 0 Å². The molecule has 0 aliphatic carbocycles. The minimum Gasteiger partial charge on any atom is -0.475 e. The fourth-order valence-electron chi connectivity index (χ4n) is 1.70. The summed E-state index contributed by atoms with van der Waals surface area (Å²) in [5.74, 6) is 2.36. The number of nitrogens with zero attached hydrogens (tertiary/aromatic N) is 1. The van der Waals surface area contributed by atoms with Crippen LogP contribution in [0.15, 0.2) is 41.5 Å². The number of halogens is 3. The van der Waals surface area contributed by atoms with Crippen molar-refractivity contribution in [3.8, 4) is 0 Å². The highest BCUT2D eigenvalue weighted by molar-refractivity contribution is 5.95. The van der Waals surface area contributed by atoms with Gasteiger partial charge in [0, 0.05) is 12.7 Å². The minimum absolute atomic E-state index is 0.235. The maximum absolute atomic E-state index is 11.2. The third-order valence-electron chi connectivity index (χ3n) is 2.82. The maximum Gasteiger partial charge on any atom is 0.490 e. The Bertz CT molecular complexity index is 791. The average molecular weight is 356 g/mol. The normalized spacial score (nSPS) is 10.9. The van der Waals surface area contributed by atoms with Crippen LogP contribution >= 0.6 is 0 Å². The van der Waals surface area contributed by atoms with Crippen LogP contribution in [0.2, 0.25) is 0 Å². The molecule has 10 heteroatoms. The van der Waals surface area contributed by atoms with Crippen LogP contribution in [-0.2, 0) is 4.79 Å². The highest BCUT2D eigenvalue weighted by Crippen LogP contribution is 2.20. The number of aliphatic carboxylic acids is 1. The summed E-state index contributed by atoms with van der Waals surface area (Å²) in [6, 6.07) is 11.3. The number of anilines is 1. The van der Waals surface area contributed by atoms with Crippen LogP contribution in [0, 0.1) is 0 Å². The van der Waals surface area contributed by atoms with E-state index < -0.39 is 12.1 Å². The lowest BCUT2D eigenvalue weighted by Gasteiger charge is -2.06. The summed E-state index contributed by atoms with van der Waals surface area (Å²) in [5.41, 5.74) is 1.69. The topological polar surface area (TPSA) is 117 Å². The Morgan fingerprint density at radius 3 is 2.24 bits per heavy atom. The molecule has 0 aromatic heterocycles. The second-order valence-electron chi connectivity index (χ2n) is 4.61. The molecule has 0 radical (unpaired) electrons. The molecule has 0 saturated carbocycles. The molecule has 0 saturated heterocycles. The molecule has 0 atom stereocenters. The van der Waals surface area contributed by atoms with Crippen LogP contribution < -0.4 is 16.5 Å². The summed E-state index contributed by atoms with van der Waals surface area (Å²) >= 11 is 0. The second-order valence-corrected chi connectivity index (χ2v) is 4.61. The Kier molecular flexibility index (Phi) is 6.73. The molecule has 0 heterocycles. The Morgan fingerprint density at radius 2 is 1.72 bits per heavy atom. The van der Waals surface area contributed by atoms with Gasteiger partial charge >= 0.3 is 18.2 Å². The monoisotopic (exact) mass is 356 g/mol. The first kappa shape index (κ1) is 19.7. The average Bonchev–Trinajstić information content (AvgIpc) is 2.55. The fraction of sp³-hybridized carbons (Fsp3) is 0.133. The lowest BCUT2D eigenvalue weighted by molar-refractivity contribution is -0.192. The third kappa shape index (κ3) is 6.37. The number of rotatable bonds is 2. The summed E-state index contributed by atoms with van der Waals surface area (Å²) < 4.78 is 31.7. The molecule has 0 spiro atoms. The summed E-state index contributed by atoms with van der Waals surface area (Å²) in [7, 11) is 1.58. The van der Waals surface area contributed by atoms with Gasteiger partial charge in [-0.05, 0) is 34.5 Å². The molecular formula is C15H15F3N4O3. The minimum atomic E-state index is -5.08. The number of amides is 2. The van der Waals surface area contributed by atoms with Crippen molar-refractivity contribution in [1.82, 2.24) is 5.32 Å². The van der Waals surface area contributed by atoms with Crippen molar-refractivity contribution in [2.45, 2.75) is 6.18 Å². The molecule has 0 fully saturated rings. The molecular weight excluding hydrogens is 341 g/mol. The zero-order valence-electron chi connectivity index (χ0n) is 13.0. The first-order chi connectivity index (χ1) is 11.7. The van der Waals surface area contributed by atoms with E-state index in [0.29, 0.717) is 0 Å². The molecule has 2 rings (SSSR count). The van der Waals surface area contributed by atoms with Gasteiger partial charge in [-0.25, -0.2) is 9.59 Å². The van der Waals surface area contributed by atoms with E-state index in [-0.39, 0.29) is 6.03 Å². The number of hydrogen-bond acceptors (Lipinski definition) is 4. The van der Waals surface area contributed by atoms with Gasteiger partial charge in [0.15, 0.2) is 0 Å². The van der Waals surface area contributed by atoms with E-state index >= 15 is 0 Å². The van der Waals surface area contributed by atoms with E-state index in [4.69, 9.17) is 15.7 Å². The van der Waals surface area contributed by atoms with Crippen LogP contribution in [0.1, 0.15) is 5.56 Å². The number of hydrazone groups is 1. The molecule has 5 N–H and O–H groups in total. The lowest BCUT2D eigenvalue weighted by atomic mass is 10.1. The first-order valence-corrected chi connectivity index (χ1v) is 6.73. The molecule has 2 amide bonds. The number of alkyl halides is 3. The third-order valence-corrected chi connectivity index (χ3v) is 2.82. The second kappa shape index (κ2) is 8.52. The van der Waals surface area contributed by atoms with E-state index in [2.05, 4.69) is 15.7 Å². The number of urea groups is 1. The smallest absolute Gasteiger partial charge is 0.475 e. The van der Waals surface area contributed by atoms with Crippen LogP contribution in [0.3, 0.4) is 0 Å². The number of nitrogens with one attached hydrogen (secondary N) is 2. The quantitative estimate of drug-likeness (QED) is 0.376. The largest absolute Gasteiger partial charge is 0.490 e. The van der Waals surface area contributed by atoms with E-state index in [1.807, 2.05) is 36.4 Å². The summed E-state index contributed by atoms with van der Waals surface area (Å²) in [6.45, 7) is 0. The van der Waals surface area contributed by atoms with E-state index in [1.165, 1.54) is 0 Å². The van der Waals surface area contributed by atoms with Gasteiger partial charge in [0.05, 0.1) is 6.21 Å². The number of carboxylic acids is 1. The van der Waals surface area contributed by atoms with E-state index in [0.717, 1.165) is 22.0 Å². The van der Waals surface area contributed by atoms with Crippen molar-refractivity contribution in [3.63, 3.8) is 0 Å². The standard InChI is InChI=1S/C13H14N4O.C2HF3O2/c1-15-13(18)17-12-5-4-10-6-9(8-16-14)2-3-11(10)7-12;3-2(4,5)1(6)7/h2-8H,14H2,1H3,(H2,15,17,18);(H,6,7)/b16-8-;. The molecule has 0 unspecified atom stereocenters. The van der Waals surface area contributed by atoms with Crippen LogP contribution in [0.5, 0.6) is 0 Å². The van der Waals surface area contributed by atoms with E-state index in [1.54, 1.807) is 13.3 Å². The number of hydrogen-bond donors (Lipinski definition) is 4. The number of benzene rings is 2. The van der Waals surface area contributed by atoms with Crippen molar-refractivity contribution < 1.29 is 27.9 Å².